The van der Waals surface area contributed by atoms with Crippen molar-refractivity contribution in [1.29, 1.82) is 0 Å². The second-order valence-corrected chi connectivity index (χ2v) is 4.24. The Morgan fingerprint density at radius 1 is 1.36 bits per heavy atom. The van der Waals surface area contributed by atoms with Crippen LogP contribution in [0.1, 0.15) is 34.7 Å². The Labute approximate surface area is 88.2 Å². The molecule has 14 heavy (non-hydrogen) atoms. The summed E-state index contributed by atoms with van der Waals surface area (Å²) in [5.74, 6) is -1.37. The first kappa shape index (κ1) is 9.77. The zero-order chi connectivity index (χ0) is 10.3. The average Bonchev–Trinajstić information content (AvgIpc) is 2.96. The van der Waals surface area contributed by atoms with Crippen molar-refractivity contribution < 1.29 is 13.6 Å². The Morgan fingerprint density at radius 3 is 2.50 bits per heavy atom. The zero-order valence-electron chi connectivity index (χ0n) is 7.19. The van der Waals surface area contributed by atoms with Gasteiger partial charge in [-0.25, -0.2) is 8.78 Å². The van der Waals surface area contributed by atoms with Gasteiger partial charge in [0.1, 0.15) is 5.82 Å². The maximum absolute atomic E-state index is 13.5. The molecule has 74 valence electrons. The van der Waals surface area contributed by atoms with E-state index in [-0.39, 0.29) is 16.7 Å². The molecule has 0 aromatic heterocycles. The molecule has 1 fully saturated rings. The second kappa shape index (κ2) is 3.42. The van der Waals surface area contributed by atoms with Crippen LogP contribution in [-0.4, -0.2) is 6.29 Å². The molecule has 0 spiro atoms. The predicted octanol–water partition coefficient (Wildman–Crippen LogP) is 3.42. The largest absolute Gasteiger partial charge is 0.298 e. The van der Waals surface area contributed by atoms with Gasteiger partial charge in [-0.2, -0.15) is 0 Å². The number of benzene rings is 1. The van der Waals surface area contributed by atoms with Gasteiger partial charge < -0.3 is 0 Å². The highest BCUT2D eigenvalue weighted by atomic mass is 79.9. The number of halogens is 3. The number of carbonyl (C=O) groups excluding carboxylic acids is 1. The highest BCUT2D eigenvalue weighted by Crippen LogP contribution is 2.43. The number of aldehydes is 1. The van der Waals surface area contributed by atoms with Crippen molar-refractivity contribution in [3.8, 4) is 0 Å². The van der Waals surface area contributed by atoms with Crippen LogP contribution in [-0.2, 0) is 0 Å². The van der Waals surface area contributed by atoms with Gasteiger partial charge in [-0.15, -0.1) is 0 Å². The van der Waals surface area contributed by atoms with Crippen LogP contribution in [0.15, 0.2) is 10.5 Å². The Bertz CT molecular complexity index is 400. The van der Waals surface area contributed by atoms with Crippen molar-refractivity contribution in [3.05, 3.63) is 33.3 Å². The highest BCUT2D eigenvalue weighted by molar-refractivity contribution is 9.10. The van der Waals surface area contributed by atoms with Crippen LogP contribution in [0.3, 0.4) is 0 Å². The lowest BCUT2D eigenvalue weighted by molar-refractivity contribution is 0.111. The molecule has 1 aromatic carbocycles. The Morgan fingerprint density at radius 2 is 2.00 bits per heavy atom. The van der Waals surface area contributed by atoms with Crippen molar-refractivity contribution in [2.45, 2.75) is 18.8 Å². The third-order valence-electron chi connectivity index (χ3n) is 2.35. The lowest BCUT2D eigenvalue weighted by Crippen LogP contribution is -1.99. The van der Waals surface area contributed by atoms with Gasteiger partial charge in [0.25, 0.3) is 0 Å². The smallest absolute Gasteiger partial charge is 0.156 e. The molecular formula is C10H7BrF2O. The molecule has 1 aliphatic carbocycles. The van der Waals surface area contributed by atoms with E-state index < -0.39 is 17.2 Å². The minimum atomic E-state index is -0.818. The SMILES string of the molecule is O=Cc1c(F)c(Br)cc(C2CC2)c1F. The van der Waals surface area contributed by atoms with Crippen molar-refractivity contribution in [2.75, 3.05) is 0 Å². The Hall–Kier alpha value is -0.770. The van der Waals surface area contributed by atoms with Crippen LogP contribution in [0.2, 0.25) is 0 Å². The summed E-state index contributed by atoms with van der Waals surface area (Å²) in [6.07, 6.45) is 2.04. The van der Waals surface area contributed by atoms with Gasteiger partial charge in [0.15, 0.2) is 12.1 Å². The summed E-state index contributed by atoms with van der Waals surface area (Å²) in [6, 6.07) is 1.43. The monoisotopic (exact) mass is 260 g/mol. The summed E-state index contributed by atoms with van der Waals surface area (Å²) in [5, 5.41) is 0. The molecule has 1 nitrogen and oxygen atoms in total. The fourth-order valence-corrected chi connectivity index (χ4v) is 1.90. The van der Waals surface area contributed by atoms with E-state index in [1.165, 1.54) is 6.07 Å². The van der Waals surface area contributed by atoms with Gasteiger partial charge in [-0.1, -0.05) is 0 Å². The Balaban J connectivity index is 2.62. The fourth-order valence-electron chi connectivity index (χ4n) is 1.44. The van der Waals surface area contributed by atoms with Crippen LogP contribution in [0.5, 0.6) is 0 Å². The molecule has 0 aliphatic heterocycles. The van der Waals surface area contributed by atoms with Crippen molar-refractivity contribution >= 4 is 22.2 Å². The van der Waals surface area contributed by atoms with E-state index in [2.05, 4.69) is 15.9 Å². The molecule has 2 rings (SSSR count). The van der Waals surface area contributed by atoms with Gasteiger partial charge in [0, 0.05) is 0 Å². The van der Waals surface area contributed by atoms with Crippen molar-refractivity contribution in [2.24, 2.45) is 0 Å². The first-order valence-electron chi connectivity index (χ1n) is 4.27. The minimum absolute atomic E-state index is 0.155. The lowest BCUT2D eigenvalue weighted by atomic mass is 10.1. The lowest BCUT2D eigenvalue weighted by Gasteiger charge is -2.06. The summed E-state index contributed by atoms with van der Waals surface area (Å²) in [7, 11) is 0. The first-order chi connectivity index (χ1) is 6.65. The van der Waals surface area contributed by atoms with E-state index >= 15 is 0 Å². The summed E-state index contributed by atoms with van der Waals surface area (Å²) in [4.78, 5) is 10.5. The number of hydrogen-bond donors (Lipinski definition) is 0. The third-order valence-corrected chi connectivity index (χ3v) is 2.93. The molecule has 0 heterocycles. The summed E-state index contributed by atoms with van der Waals surface area (Å²) in [5.41, 5.74) is -0.0262. The standard InChI is InChI=1S/C10H7BrF2O/c11-8-3-6(5-1-2-5)9(12)7(4-14)10(8)13/h3-5H,1-2H2. The van der Waals surface area contributed by atoms with Crippen LogP contribution in [0, 0.1) is 11.6 Å². The molecule has 1 aromatic rings. The van der Waals surface area contributed by atoms with E-state index in [0.29, 0.717) is 5.56 Å². The molecule has 4 heteroatoms. The normalized spacial score (nSPS) is 15.6. The van der Waals surface area contributed by atoms with Gasteiger partial charge in [0.05, 0.1) is 10.0 Å². The molecular weight excluding hydrogens is 254 g/mol. The summed E-state index contributed by atoms with van der Waals surface area (Å²) in [6.45, 7) is 0. The van der Waals surface area contributed by atoms with Gasteiger partial charge >= 0.3 is 0 Å². The quantitative estimate of drug-likeness (QED) is 0.589. The maximum atomic E-state index is 13.5. The zero-order valence-corrected chi connectivity index (χ0v) is 8.77. The van der Waals surface area contributed by atoms with Crippen LogP contribution in [0.25, 0.3) is 0 Å². The maximum Gasteiger partial charge on any atom is 0.156 e. The molecule has 1 saturated carbocycles. The van der Waals surface area contributed by atoms with Crippen molar-refractivity contribution in [3.63, 3.8) is 0 Å². The number of hydrogen-bond acceptors (Lipinski definition) is 1. The molecule has 0 unspecified atom stereocenters. The van der Waals surface area contributed by atoms with Crippen LogP contribution < -0.4 is 0 Å². The van der Waals surface area contributed by atoms with E-state index in [1.54, 1.807) is 0 Å². The molecule has 0 atom stereocenters. The van der Waals surface area contributed by atoms with Gasteiger partial charge in [-0.3, -0.25) is 4.79 Å². The highest BCUT2D eigenvalue weighted by Gasteiger charge is 2.29. The van der Waals surface area contributed by atoms with E-state index in [0.717, 1.165) is 12.8 Å². The number of carbonyl (C=O) groups is 1. The summed E-state index contributed by atoms with van der Waals surface area (Å²) >= 11 is 2.97. The molecule has 0 saturated heterocycles. The van der Waals surface area contributed by atoms with Crippen LogP contribution in [0.4, 0.5) is 8.78 Å². The summed E-state index contributed by atoms with van der Waals surface area (Å²) < 4.78 is 26.9. The van der Waals surface area contributed by atoms with Crippen LogP contribution >= 0.6 is 15.9 Å². The van der Waals surface area contributed by atoms with Gasteiger partial charge in [0.2, 0.25) is 0 Å². The number of rotatable bonds is 2. The second-order valence-electron chi connectivity index (χ2n) is 3.38. The Kier molecular flexibility index (Phi) is 2.39. The molecule has 0 bridgehead atoms. The third kappa shape index (κ3) is 1.47. The minimum Gasteiger partial charge on any atom is -0.298 e. The van der Waals surface area contributed by atoms with E-state index in [4.69, 9.17) is 0 Å². The van der Waals surface area contributed by atoms with E-state index in [9.17, 15) is 13.6 Å². The molecule has 0 radical (unpaired) electrons. The molecule has 1 aliphatic rings. The average molecular weight is 261 g/mol. The molecule has 0 N–H and O–H groups in total. The topological polar surface area (TPSA) is 17.1 Å². The predicted molar refractivity (Wildman–Crippen MR) is 51.4 cm³/mol. The van der Waals surface area contributed by atoms with Gasteiger partial charge in [-0.05, 0) is 46.3 Å². The molecule has 0 amide bonds. The fraction of sp³-hybridized carbons (Fsp3) is 0.300. The van der Waals surface area contributed by atoms with Crippen molar-refractivity contribution in [1.82, 2.24) is 0 Å². The van der Waals surface area contributed by atoms with E-state index in [1.807, 2.05) is 0 Å². The first-order valence-corrected chi connectivity index (χ1v) is 5.07.